The van der Waals surface area contributed by atoms with Crippen LogP contribution in [0, 0.1) is 0 Å². The summed E-state index contributed by atoms with van der Waals surface area (Å²) in [6.45, 7) is 3.81. The SMILES string of the molecule is OC(CCN1CCCC1)c1ccccc1OCc1ccccc1. The Balaban J connectivity index is 1.60. The summed E-state index contributed by atoms with van der Waals surface area (Å²) >= 11 is 0. The Bertz CT molecular complexity index is 594. The topological polar surface area (TPSA) is 32.7 Å². The molecule has 1 aliphatic heterocycles. The number of ether oxygens (including phenoxy) is 1. The van der Waals surface area contributed by atoms with E-state index < -0.39 is 6.10 Å². The summed E-state index contributed by atoms with van der Waals surface area (Å²) in [7, 11) is 0. The molecule has 0 aliphatic carbocycles. The van der Waals surface area contributed by atoms with E-state index in [-0.39, 0.29) is 0 Å². The summed E-state index contributed by atoms with van der Waals surface area (Å²) in [5.74, 6) is 0.783. The van der Waals surface area contributed by atoms with Gasteiger partial charge in [0, 0.05) is 12.1 Å². The molecule has 1 heterocycles. The molecule has 0 spiro atoms. The largest absolute Gasteiger partial charge is 0.489 e. The lowest BCUT2D eigenvalue weighted by Crippen LogP contribution is -2.22. The minimum atomic E-state index is -0.470. The first kappa shape index (κ1) is 16.0. The number of hydrogen-bond acceptors (Lipinski definition) is 3. The van der Waals surface area contributed by atoms with Crippen molar-refractivity contribution in [3.63, 3.8) is 0 Å². The Hall–Kier alpha value is -1.84. The first-order valence-electron chi connectivity index (χ1n) is 8.49. The van der Waals surface area contributed by atoms with E-state index in [1.165, 1.54) is 25.9 Å². The molecule has 0 radical (unpaired) electrons. The van der Waals surface area contributed by atoms with Gasteiger partial charge in [0.25, 0.3) is 0 Å². The Labute approximate surface area is 138 Å². The molecule has 0 amide bonds. The van der Waals surface area contributed by atoms with Crippen molar-refractivity contribution in [1.29, 1.82) is 0 Å². The molecule has 3 rings (SSSR count). The van der Waals surface area contributed by atoms with Crippen molar-refractivity contribution in [1.82, 2.24) is 4.90 Å². The Morgan fingerprint density at radius 1 is 0.957 bits per heavy atom. The average Bonchev–Trinajstić information content (AvgIpc) is 3.12. The summed E-state index contributed by atoms with van der Waals surface area (Å²) in [5, 5.41) is 10.6. The predicted molar refractivity (Wildman–Crippen MR) is 92.5 cm³/mol. The Kier molecular flexibility index (Phi) is 5.67. The van der Waals surface area contributed by atoms with E-state index in [4.69, 9.17) is 4.74 Å². The third-order valence-corrected chi connectivity index (χ3v) is 4.43. The summed E-state index contributed by atoms with van der Waals surface area (Å²) in [6, 6.07) is 17.9. The van der Waals surface area contributed by atoms with Gasteiger partial charge in [-0.25, -0.2) is 0 Å². The number of hydrogen-bond donors (Lipinski definition) is 1. The normalized spacial score (nSPS) is 16.4. The maximum absolute atomic E-state index is 10.6. The number of nitrogens with zero attached hydrogens (tertiary/aromatic N) is 1. The number of rotatable bonds is 7. The second-order valence-electron chi connectivity index (χ2n) is 6.17. The fourth-order valence-corrected chi connectivity index (χ4v) is 3.09. The third-order valence-electron chi connectivity index (χ3n) is 4.43. The zero-order chi connectivity index (χ0) is 15.9. The van der Waals surface area contributed by atoms with E-state index in [2.05, 4.69) is 4.90 Å². The van der Waals surface area contributed by atoms with Gasteiger partial charge in [0.1, 0.15) is 12.4 Å². The van der Waals surface area contributed by atoms with Crippen LogP contribution in [0.2, 0.25) is 0 Å². The van der Waals surface area contributed by atoms with Crippen LogP contribution in [0.25, 0.3) is 0 Å². The molecule has 1 unspecified atom stereocenters. The molecule has 0 saturated carbocycles. The molecule has 0 bridgehead atoms. The van der Waals surface area contributed by atoms with Crippen LogP contribution in [-0.2, 0) is 6.61 Å². The van der Waals surface area contributed by atoms with Gasteiger partial charge in [0.2, 0.25) is 0 Å². The fraction of sp³-hybridized carbons (Fsp3) is 0.400. The Morgan fingerprint density at radius 2 is 1.65 bits per heavy atom. The van der Waals surface area contributed by atoms with E-state index in [0.29, 0.717) is 6.61 Å². The molecule has 2 aromatic carbocycles. The molecule has 1 saturated heterocycles. The quantitative estimate of drug-likeness (QED) is 0.844. The summed E-state index contributed by atoms with van der Waals surface area (Å²) in [6.07, 6.45) is 2.86. The van der Waals surface area contributed by atoms with Crippen molar-refractivity contribution in [2.24, 2.45) is 0 Å². The van der Waals surface area contributed by atoms with Crippen molar-refractivity contribution in [2.45, 2.75) is 32.0 Å². The van der Waals surface area contributed by atoms with Crippen molar-refractivity contribution < 1.29 is 9.84 Å². The maximum Gasteiger partial charge on any atom is 0.125 e. The first-order valence-corrected chi connectivity index (χ1v) is 8.49. The van der Waals surface area contributed by atoms with Crippen molar-refractivity contribution >= 4 is 0 Å². The maximum atomic E-state index is 10.6. The van der Waals surface area contributed by atoms with Crippen LogP contribution in [0.3, 0.4) is 0 Å². The second kappa shape index (κ2) is 8.14. The lowest BCUT2D eigenvalue weighted by molar-refractivity contribution is 0.143. The van der Waals surface area contributed by atoms with Crippen LogP contribution in [-0.4, -0.2) is 29.6 Å². The molecule has 1 atom stereocenters. The number of likely N-dealkylation sites (tertiary alicyclic amines) is 1. The van der Waals surface area contributed by atoms with Gasteiger partial charge in [0.05, 0.1) is 6.10 Å². The van der Waals surface area contributed by atoms with Gasteiger partial charge in [-0.1, -0.05) is 48.5 Å². The average molecular weight is 311 g/mol. The molecule has 3 nitrogen and oxygen atoms in total. The van der Waals surface area contributed by atoms with Crippen LogP contribution < -0.4 is 4.74 Å². The minimum absolute atomic E-state index is 0.470. The zero-order valence-electron chi connectivity index (χ0n) is 13.5. The zero-order valence-corrected chi connectivity index (χ0v) is 13.5. The highest BCUT2D eigenvalue weighted by atomic mass is 16.5. The lowest BCUT2D eigenvalue weighted by atomic mass is 10.1. The molecule has 1 aliphatic rings. The van der Waals surface area contributed by atoms with Gasteiger partial charge in [-0.05, 0) is 44.0 Å². The molecule has 23 heavy (non-hydrogen) atoms. The van der Waals surface area contributed by atoms with Gasteiger partial charge in [-0.3, -0.25) is 0 Å². The van der Waals surface area contributed by atoms with E-state index in [9.17, 15) is 5.11 Å². The highest BCUT2D eigenvalue weighted by Crippen LogP contribution is 2.28. The summed E-state index contributed by atoms with van der Waals surface area (Å²) < 4.78 is 5.94. The number of aliphatic hydroxyl groups excluding tert-OH is 1. The molecular formula is C20H25NO2. The number of benzene rings is 2. The van der Waals surface area contributed by atoms with Crippen LogP contribution >= 0.6 is 0 Å². The summed E-state index contributed by atoms with van der Waals surface area (Å²) in [5.41, 5.74) is 2.02. The van der Waals surface area contributed by atoms with E-state index >= 15 is 0 Å². The van der Waals surface area contributed by atoms with Crippen LogP contribution in [0.1, 0.15) is 36.5 Å². The monoisotopic (exact) mass is 311 g/mol. The smallest absolute Gasteiger partial charge is 0.125 e. The van der Waals surface area contributed by atoms with Crippen molar-refractivity contribution in [2.75, 3.05) is 19.6 Å². The first-order chi connectivity index (χ1) is 11.3. The van der Waals surface area contributed by atoms with E-state index in [1.807, 2.05) is 54.6 Å². The van der Waals surface area contributed by atoms with E-state index in [1.54, 1.807) is 0 Å². The second-order valence-corrected chi connectivity index (χ2v) is 6.17. The summed E-state index contributed by atoms with van der Waals surface area (Å²) in [4.78, 5) is 2.43. The molecule has 0 aromatic heterocycles. The van der Waals surface area contributed by atoms with Gasteiger partial charge >= 0.3 is 0 Å². The molecule has 1 fully saturated rings. The van der Waals surface area contributed by atoms with Gasteiger partial charge in [-0.2, -0.15) is 0 Å². The lowest BCUT2D eigenvalue weighted by Gasteiger charge is -2.19. The highest BCUT2D eigenvalue weighted by Gasteiger charge is 2.17. The fourth-order valence-electron chi connectivity index (χ4n) is 3.09. The molecule has 1 N–H and O–H groups in total. The van der Waals surface area contributed by atoms with Crippen molar-refractivity contribution in [3.05, 3.63) is 65.7 Å². The molecule has 3 heteroatoms. The number of aliphatic hydroxyl groups is 1. The van der Waals surface area contributed by atoms with Crippen molar-refractivity contribution in [3.8, 4) is 5.75 Å². The predicted octanol–water partition coefficient (Wildman–Crippen LogP) is 3.78. The van der Waals surface area contributed by atoms with Gasteiger partial charge in [0.15, 0.2) is 0 Å². The minimum Gasteiger partial charge on any atom is -0.489 e. The highest BCUT2D eigenvalue weighted by molar-refractivity contribution is 5.35. The molecular weight excluding hydrogens is 286 g/mol. The van der Waals surface area contributed by atoms with Crippen LogP contribution in [0.5, 0.6) is 5.75 Å². The molecule has 2 aromatic rings. The number of para-hydroxylation sites is 1. The standard InChI is InChI=1S/C20H25NO2/c22-19(12-15-21-13-6-7-14-21)18-10-4-5-11-20(18)23-16-17-8-2-1-3-9-17/h1-5,8-11,19,22H,6-7,12-16H2. The third kappa shape index (κ3) is 4.57. The molecule has 122 valence electrons. The van der Waals surface area contributed by atoms with Gasteiger partial charge < -0.3 is 14.7 Å². The Morgan fingerprint density at radius 3 is 2.43 bits per heavy atom. The van der Waals surface area contributed by atoms with Crippen LogP contribution in [0.15, 0.2) is 54.6 Å². The van der Waals surface area contributed by atoms with Gasteiger partial charge in [-0.15, -0.1) is 0 Å². The van der Waals surface area contributed by atoms with E-state index in [0.717, 1.165) is 29.8 Å². The van der Waals surface area contributed by atoms with Crippen LogP contribution in [0.4, 0.5) is 0 Å².